The first-order chi connectivity index (χ1) is 13.2. The van der Waals surface area contributed by atoms with E-state index >= 15 is 0 Å². The van der Waals surface area contributed by atoms with E-state index in [-0.39, 0.29) is 18.6 Å². The first-order valence-corrected chi connectivity index (χ1v) is 9.39. The van der Waals surface area contributed by atoms with E-state index in [4.69, 9.17) is 9.47 Å². The summed E-state index contributed by atoms with van der Waals surface area (Å²) in [6.07, 6.45) is 3.99. The first-order valence-electron chi connectivity index (χ1n) is 9.39. The van der Waals surface area contributed by atoms with Crippen molar-refractivity contribution in [2.75, 3.05) is 37.7 Å². The van der Waals surface area contributed by atoms with Gasteiger partial charge in [-0.3, -0.25) is 4.79 Å². The fourth-order valence-electron chi connectivity index (χ4n) is 3.10. The van der Waals surface area contributed by atoms with Gasteiger partial charge in [-0.1, -0.05) is 18.2 Å². The molecule has 1 aliphatic rings. The number of hydrogen-bond acceptors (Lipinski definition) is 6. The van der Waals surface area contributed by atoms with Crippen molar-refractivity contribution in [1.29, 1.82) is 0 Å². The SMILES string of the molecule is CCN(CC)c1nccnc1OC1CCN(C(=O)COc2ccccc2)C1. The minimum Gasteiger partial charge on any atom is -0.484 e. The van der Waals surface area contributed by atoms with Gasteiger partial charge in [0.1, 0.15) is 11.9 Å². The Morgan fingerprint density at radius 3 is 2.67 bits per heavy atom. The van der Waals surface area contributed by atoms with Gasteiger partial charge >= 0.3 is 0 Å². The number of likely N-dealkylation sites (tertiary alicyclic amines) is 1. The molecule has 1 fully saturated rings. The van der Waals surface area contributed by atoms with Crippen LogP contribution in [0.5, 0.6) is 11.6 Å². The number of benzene rings is 1. The Morgan fingerprint density at radius 2 is 1.93 bits per heavy atom. The lowest BCUT2D eigenvalue weighted by atomic mass is 10.3. The van der Waals surface area contributed by atoms with E-state index in [2.05, 4.69) is 28.7 Å². The van der Waals surface area contributed by atoms with Crippen LogP contribution in [-0.2, 0) is 4.79 Å². The number of anilines is 1. The Balaban J connectivity index is 1.55. The predicted octanol–water partition coefficient (Wildman–Crippen LogP) is 2.38. The molecule has 27 heavy (non-hydrogen) atoms. The third-order valence-corrected chi connectivity index (χ3v) is 4.59. The molecule has 1 aliphatic heterocycles. The van der Waals surface area contributed by atoms with Crippen LogP contribution >= 0.6 is 0 Å². The second-order valence-electron chi connectivity index (χ2n) is 6.33. The van der Waals surface area contributed by atoms with Crippen molar-refractivity contribution < 1.29 is 14.3 Å². The monoisotopic (exact) mass is 370 g/mol. The van der Waals surface area contributed by atoms with Crippen molar-refractivity contribution in [3.63, 3.8) is 0 Å². The van der Waals surface area contributed by atoms with E-state index in [1.165, 1.54) is 0 Å². The number of rotatable bonds is 8. The molecule has 2 heterocycles. The summed E-state index contributed by atoms with van der Waals surface area (Å²) >= 11 is 0. The lowest BCUT2D eigenvalue weighted by Crippen LogP contribution is -2.34. The van der Waals surface area contributed by atoms with E-state index < -0.39 is 0 Å². The lowest BCUT2D eigenvalue weighted by molar-refractivity contribution is -0.132. The van der Waals surface area contributed by atoms with Gasteiger partial charge in [0, 0.05) is 38.4 Å². The summed E-state index contributed by atoms with van der Waals surface area (Å²) in [7, 11) is 0. The number of ether oxygens (including phenoxy) is 2. The largest absolute Gasteiger partial charge is 0.484 e. The molecule has 2 aromatic rings. The van der Waals surface area contributed by atoms with Crippen LogP contribution in [0.15, 0.2) is 42.7 Å². The fraction of sp³-hybridized carbons (Fsp3) is 0.450. The van der Waals surface area contributed by atoms with Crippen molar-refractivity contribution in [2.24, 2.45) is 0 Å². The summed E-state index contributed by atoms with van der Waals surface area (Å²) in [4.78, 5) is 25.0. The molecule has 0 saturated carbocycles. The van der Waals surface area contributed by atoms with Crippen LogP contribution in [0.25, 0.3) is 0 Å². The van der Waals surface area contributed by atoms with Crippen LogP contribution in [0.2, 0.25) is 0 Å². The first kappa shape index (κ1) is 18.9. The predicted molar refractivity (Wildman–Crippen MR) is 103 cm³/mol. The molecule has 1 unspecified atom stereocenters. The van der Waals surface area contributed by atoms with Gasteiger partial charge in [0.25, 0.3) is 11.8 Å². The third kappa shape index (κ3) is 4.87. The molecule has 1 saturated heterocycles. The van der Waals surface area contributed by atoms with Gasteiger partial charge in [-0.05, 0) is 26.0 Å². The number of aromatic nitrogens is 2. The second-order valence-corrected chi connectivity index (χ2v) is 6.33. The van der Waals surface area contributed by atoms with E-state index in [0.29, 0.717) is 24.7 Å². The number of carbonyl (C=O) groups excluding carboxylic acids is 1. The number of carbonyl (C=O) groups is 1. The molecular weight excluding hydrogens is 344 g/mol. The Hall–Kier alpha value is -2.83. The maximum absolute atomic E-state index is 12.4. The van der Waals surface area contributed by atoms with Crippen LogP contribution in [0.1, 0.15) is 20.3 Å². The second kappa shape index (κ2) is 9.21. The minimum absolute atomic E-state index is 0.0342. The van der Waals surface area contributed by atoms with Gasteiger partial charge in [0.2, 0.25) is 0 Å². The molecule has 0 bridgehead atoms. The molecular formula is C20H26N4O3. The van der Waals surface area contributed by atoms with Crippen LogP contribution in [0.4, 0.5) is 5.82 Å². The number of hydrogen-bond donors (Lipinski definition) is 0. The topological polar surface area (TPSA) is 67.8 Å². The zero-order chi connectivity index (χ0) is 19.1. The maximum atomic E-state index is 12.4. The molecule has 0 aliphatic carbocycles. The van der Waals surface area contributed by atoms with Crippen molar-refractivity contribution >= 4 is 11.7 Å². The standard InChI is InChI=1S/C20H26N4O3/c1-3-23(4-2)19-20(22-12-11-21-19)27-17-10-13-24(14-17)18(25)15-26-16-8-6-5-7-9-16/h5-9,11-12,17H,3-4,10,13-15H2,1-2H3. The number of nitrogens with zero attached hydrogens (tertiary/aromatic N) is 4. The molecule has 7 heteroatoms. The van der Waals surface area contributed by atoms with Crippen LogP contribution in [-0.4, -0.2) is 59.7 Å². The molecule has 0 N–H and O–H groups in total. The smallest absolute Gasteiger partial charge is 0.260 e. The molecule has 0 spiro atoms. The highest BCUT2D eigenvalue weighted by atomic mass is 16.5. The maximum Gasteiger partial charge on any atom is 0.260 e. The summed E-state index contributed by atoms with van der Waals surface area (Å²) in [6.45, 7) is 7.03. The molecule has 144 valence electrons. The third-order valence-electron chi connectivity index (χ3n) is 4.59. The Labute approximate surface area is 159 Å². The lowest BCUT2D eigenvalue weighted by Gasteiger charge is -2.23. The highest BCUT2D eigenvalue weighted by Crippen LogP contribution is 2.25. The Kier molecular flexibility index (Phi) is 6.46. The highest BCUT2D eigenvalue weighted by molar-refractivity contribution is 5.78. The molecule has 1 aromatic carbocycles. The zero-order valence-electron chi connectivity index (χ0n) is 15.9. The van der Waals surface area contributed by atoms with Gasteiger partial charge < -0.3 is 19.3 Å². The fourth-order valence-corrected chi connectivity index (χ4v) is 3.10. The quantitative estimate of drug-likeness (QED) is 0.711. The van der Waals surface area contributed by atoms with Crippen LogP contribution in [0.3, 0.4) is 0 Å². The summed E-state index contributed by atoms with van der Waals surface area (Å²) in [5.74, 6) is 1.94. The Bertz CT molecular complexity index is 737. The Morgan fingerprint density at radius 1 is 1.19 bits per heavy atom. The van der Waals surface area contributed by atoms with Gasteiger partial charge in [-0.15, -0.1) is 0 Å². The summed E-state index contributed by atoms with van der Waals surface area (Å²) in [5, 5.41) is 0. The summed E-state index contributed by atoms with van der Waals surface area (Å²) in [5.41, 5.74) is 0. The molecule has 7 nitrogen and oxygen atoms in total. The summed E-state index contributed by atoms with van der Waals surface area (Å²) < 4.78 is 11.6. The molecule has 1 aromatic heterocycles. The van der Waals surface area contributed by atoms with Crippen LogP contribution in [0, 0.1) is 0 Å². The van der Waals surface area contributed by atoms with Gasteiger partial charge in [0.15, 0.2) is 12.4 Å². The average molecular weight is 370 g/mol. The zero-order valence-corrected chi connectivity index (χ0v) is 15.9. The molecule has 3 rings (SSSR count). The van der Waals surface area contributed by atoms with Gasteiger partial charge in [0.05, 0.1) is 6.54 Å². The van der Waals surface area contributed by atoms with Crippen molar-refractivity contribution in [3.05, 3.63) is 42.7 Å². The van der Waals surface area contributed by atoms with Crippen molar-refractivity contribution in [2.45, 2.75) is 26.4 Å². The molecule has 1 amide bonds. The van der Waals surface area contributed by atoms with E-state index in [1.54, 1.807) is 17.3 Å². The average Bonchev–Trinajstić information content (AvgIpc) is 3.18. The van der Waals surface area contributed by atoms with E-state index in [0.717, 1.165) is 25.3 Å². The van der Waals surface area contributed by atoms with E-state index in [1.807, 2.05) is 30.3 Å². The number of amides is 1. The normalized spacial score (nSPS) is 16.2. The van der Waals surface area contributed by atoms with E-state index in [9.17, 15) is 4.79 Å². The van der Waals surface area contributed by atoms with Gasteiger partial charge in [-0.2, -0.15) is 0 Å². The highest BCUT2D eigenvalue weighted by Gasteiger charge is 2.29. The van der Waals surface area contributed by atoms with Crippen molar-refractivity contribution in [1.82, 2.24) is 14.9 Å². The summed E-state index contributed by atoms with van der Waals surface area (Å²) in [6, 6.07) is 9.36. The van der Waals surface area contributed by atoms with Crippen molar-refractivity contribution in [3.8, 4) is 11.6 Å². The molecule has 1 atom stereocenters. The minimum atomic E-state index is -0.0864. The molecule has 0 radical (unpaired) electrons. The number of para-hydroxylation sites is 1. The van der Waals surface area contributed by atoms with Gasteiger partial charge in [-0.25, -0.2) is 9.97 Å². The van der Waals surface area contributed by atoms with Crippen LogP contribution < -0.4 is 14.4 Å².